The Balaban J connectivity index is 1.50. The van der Waals surface area contributed by atoms with Crippen molar-refractivity contribution in [1.82, 2.24) is 21.7 Å². The van der Waals surface area contributed by atoms with E-state index in [1.54, 1.807) is 0 Å². The van der Waals surface area contributed by atoms with Gasteiger partial charge in [0.15, 0.2) is 0 Å². The fourth-order valence-corrected chi connectivity index (χ4v) is 2.93. The molecule has 7 heteroatoms. The lowest BCUT2D eigenvalue weighted by Crippen LogP contribution is -2.50. The number of carbonyl (C=O) groups excluding carboxylic acids is 1. The number of hydrogen-bond acceptors (Lipinski definition) is 5. The molecule has 0 bridgehead atoms. The highest BCUT2D eigenvalue weighted by molar-refractivity contribution is 6.30. The van der Waals surface area contributed by atoms with Gasteiger partial charge in [-0.25, -0.2) is 10.9 Å². The van der Waals surface area contributed by atoms with E-state index >= 15 is 0 Å². The van der Waals surface area contributed by atoms with Crippen LogP contribution in [-0.4, -0.2) is 24.7 Å². The Morgan fingerprint density at radius 3 is 2.42 bits per heavy atom. The van der Waals surface area contributed by atoms with Crippen molar-refractivity contribution in [3.8, 4) is 0 Å². The van der Waals surface area contributed by atoms with Crippen LogP contribution in [-0.2, 0) is 17.6 Å². The van der Waals surface area contributed by atoms with Crippen molar-refractivity contribution < 1.29 is 4.79 Å². The summed E-state index contributed by atoms with van der Waals surface area (Å²) < 4.78 is 0. The van der Waals surface area contributed by atoms with Gasteiger partial charge in [-0.15, -0.1) is 0 Å². The van der Waals surface area contributed by atoms with Crippen LogP contribution in [0, 0.1) is 0 Å². The van der Waals surface area contributed by atoms with Gasteiger partial charge in [-0.3, -0.25) is 4.79 Å². The second-order valence-corrected chi connectivity index (χ2v) is 6.67. The number of benzene rings is 2. The maximum atomic E-state index is 12.5. The van der Waals surface area contributed by atoms with Crippen molar-refractivity contribution in [3.63, 3.8) is 0 Å². The molecule has 1 aliphatic rings. The molecule has 0 spiro atoms. The van der Waals surface area contributed by atoms with Crippen LogP contribution in [0.4, 0.5) is 5.69 Å². The molecule has 1 heterocycles. The zero-order valence-electron chi connectivity index (χ0n) is 14.7. The molecule has 5 N–H and O–H groups in total. The van der Waals surface area contributed by atoms with Crippen LogP contribution in [0.15, 0.2) is 48.5 Å². The molecule has 1 amide bonds. The topological polar surface area (TPSA) is 77.2 Å². The Labute approximate surface area is 158 Å². The SMILES string of the molecule is CCc1ccc(NC2NNNC2C(=O)NCCc2ccc(Cl)cc2)cc1. The lowest BCUT2D eigenvalue weighted by atomic mass is 10.1. The molecule has 6 nitrogen and oxygen atoms in total. The quantitative estimate of drug-likeness (QED) is 0.513. The molecule has 2 aromatic carbocycles. The van der Waals surface area contributed by atoms with Crippen LogP contribution in [0.2, 0.25) is 5.02 Å². The third kappa shape index (κ3) is 4.95. The average Bonchev–Trinajstić information content (AvgIpc) is 3.12. The zero-order valence-corrected chi connectivity index (χ0v) is 15.4. The minimum absolute atomic E-state index is 0.0702. The Morgan fingerprint density at radius 1 is 1.04 bits per heavy atom. The Bertz CT molecular complexity index is 720. The first-order chi connectivity index (χ1) is 12.7. The Hall–Kier alpha value is -2.12. The molecule has 0 aliphatic carbocycles. The number of hydrazine groups is 2. The van der Waals surface area contributed by atoms with Crippen LogP contribution in [0.3, 0.4) is 0 Å². The van der Waals surface area contributed by atoms with Crippen molar-refractivity contribution in [2.75, 3.05) is 11.9 Å². The summed E-state index contributed by atoms with van der Waals surface area (Å²) in [6.45, 7) is 2.69. The lowest BCUT2D eigenvalue weighted by molar-refractivity contribution is -0.123. The summed E-state index contributed by atoms with van der Waals surface area (Å²) >= 11 is 5.88. The van der Waals surface area contributed by atoms with E-state index in [0.29, 0.717) is 11.6 Å². The third-order valence-corrected chi connectivity index (χ3v) is 4.63. The summed E-state index contributed by atoms with van der Waals surface area (Å²) in [5.74, 6) is -0.0702. The molecule has 2 atom stereocenters. The number of halogens is 1. The number of anilines is 1. The largest absolute Gasteiger partial charge is 0.367 e. The minimum atomic E-state index is -0.425. The molecule has 0 radical (unpaired) electrons. The first-order valence-electron chi connectivity index (χ1n) is 8.79. The second-order valence-electron chi connectivity index (χ2n) is 6.23. The fraction of sp³-hybridized carbons (Fsp3) is 0.316. The molecule has 2 unspecified atom stereocenters. The summed E-state index contributed by atoms with van der Waals surface area (Å²) in [6.07, 6.45) is 1.51. The number of rotatable bonds is 7. The molecule has 1 fully saturated rings. The number of hydrogen-bond donors (Lipinski definition) is 5. The van der Waals surface area contributed by atoms with E-state index in [-0.39, 0.29) is 12.1 Å². The van der Waals surface area contributed by atoms with E-state index in [0.717, 1.165) is 24.1 Å². The maximum Gasteiger partial charge on any atom is 0.242 e. The monoisotopic (exact) mass is 373 g/mol. The molecule has 2 aromatic rings. The number of nitrogens with one attached hydrogen (secondary N) is 5. The predicted molar refractivity (Wildman–Crippen MR) is 105 cm³/mol. The summed E-state index contributed by atoms with van der Waals surface area (Å²) in [6, 6.07) is 15.4. The minimum Gasteiger partial charge on any atom is -0.367 e. The van der Waals surface area contributed by atoms with Gasteiger partial charge in [0.25, 0.3) is 0 Å². The van der Waals surface area contributed by atoms with Gasteiger partial charge < -0.3 is 10.6 Å². The van der Waals surface area contributed by atoms with Gasteiger partial charge in [0.2, 0.25) is 5.91 Å². The van der Waals surface area contributed by atoms with Gasteiger partial charge in [-0.2, -0.15) is 5.53 Å². The second kappa shape index (κ2) is 9.00. The van der Waals surface area contributed by atoms with E-state index in [4.69, 9.17) is 11.6 Å². The number of amides is 1. The van der Waals surface area contributed by atoms with Crippen LogP contribution < -0.4 is 27.0 Å². The first kappa shape index (κ1) is 18.7. The summed E-state index contributed by atoms with van der Waals surface area (Å²) in [5, 5.41) is 7.01. The van der Waals surface area contributed by atoms with Crippen molar-refractivity contribution in [1.29, 1.82) is 0 Å². The molecule has 26 heavy (non-hydrogen) atoms. The van der Waals surface area contributed by atoms with E-state index in [9.17, 15) is 4.79 Å². The van der Waals surface area contributed by atoms with Crippen molar-refractivity contribution in [3.05, 3.63) is 64.7 Å². The highest BCUT2D eigenvalue weighted by Gasteiger charge is 2.32. The predicted octanol–water partition coefficient (Wildman–Crippen LogP) is 1.98. The normalized spacial score (nSPS) is 19.3. The molecule has 1 aliphatic heterocycles. The van der Waals surface area contributed by atoms with Gasteiger partial charge in [0.05, 0.1) is 0 Å². The van der Waals surface area contributed by atoms with Crippen molar-refractivity contribution in [2.24, 2.45) is 0 Å². The van der Waals surface area contributed by atoms with Crippen LogP contribution in [0.25, 0.3) is 0 Å². The molecule has 0 saturated carbocycles. The van der Waals surface area contributed by atoms with Gasteiger partial charge in [0.1, 0.15) is 12.2 Å². The average molecular weight is 374 g/mol. The molecule has 0 aromatic heterocycles. The van der Waals surface area contributed by atoms with Crippen molar-refractivity contribution in [2.45, 2.75) is 32.0 Å². The first-order valence-corrected chi connectivity index (χ1v) is 9.17. The Kier molecular flexibility index (Phi) is 6.46. The van der Waals surface area contributed by atoms with Gasteiger partial charge >= 0.3 is 0 Å². The highest BCUT2D eigenvalue weighted by atomic mass is 35.5. The smallest absolute Gasteiger partial charge is 0.242 e. The zero-order chi connectivity index (χ0) is 18.4. The highest BCUT2D eigenvalue weighted by Crippen LogP contribution is 2.13. The summed E-state index contributed by atoms with van der Waals surface area (Å²) in [4.78, 5) is 12.5. The maximum absolute atomic E-state index is 12.5. The Morgan fingerprint density at radius 2 is 1.73 bits per heavy atom. The summed E-state index contributed by atoms with van der Waals surface area (Å²) in [7, 11) is 0. The fourth-order valence-electron chi connectivity index (χ4n) is 2.81. The van der Waals surface area contributed by atoms with E-state index in [2.05, 4.69) is 46.1 Å². The van der Waals surface area contributed by atoms with Crippen LogP contribution >= 0.6 is 11.6 Å². The van der Waals surface area contributed by atoms with Gasteiger partial charge in [0, 0.05) is 17.3 Å². The molecular formula is C19H24ClN5O. The third-order valence-electron chi connectivity index (χ3n) is 4.38. The van der Waals surface area contributed by atoms with Crippen molar-refractivity contribution >= 4 is 23.2 Å². The van der Waals surface area contributed by atoms with Gasteiger partial charge in [-0.1, -0.05) is 42.8 Å². The molecule has 3 rings (SSSR count). The van der Waals surface area contributed by atoms with E-state index in [1.807, 2.05) is 36.4 Å². The number of carbonyl (C=O) groups is 1. The lowest BCUT2D eigenvalue weighted by Gasteiger charge is -2.20. The van der Waals surface area contributed by atoms with E-state index in [1.165, 1.54) is 5.56 Å². The standard InChI is InChI=1S/C19H24ClN5O/c1-2-13-5-9-16(10-6-13)22-18-17(23-25-24-18)19(26)21-12-11-14-3-7-15(20)8-4-14/h3-10,17-18,22-25H,2,11-12H2,1H3,(H,21,26). The summed E-state index contributed by atoms with van der Waals surface area (Å²) in [5.41, 5.74) is 12.2. The van der Waals surface area contributed by atoms with E-state index < -0.39 is 6.04 Å². The molecule has 138 valence electrons. The van der Waals surface area contributed by atoms with Gasteiger partial charge in [-0.05, 0) is 48.2 Å². The van der Waals surface area contributed by atoms with Crippen LogP contribution in [0.1, 0.15) is 18.1 Å². The van der Waals surface area contributed by atoms with Crippen LogP contribution in [0.5, 0.6) is 0 Å². The number of aryl methyl sites for hydroxylation is 1. The molecule has 1 saturated heterocycles. The molecular weight excluding hydrogens is 350 g/mol.